The minimum atomic E-state index is -0.154. The van der Waals surface area contributed by atoms with Crippen LogP contribution in [0.1, 0.15) is 21.6 Å². The van der Waals surface area contributed by atoms with Gasteiger partial charge in [-0.05, 0) is 43.2 Å². The topological polar surface area (TPSA) is 60.1 Å². The van der Waals surface area contributed by atoms with E-state index in [-0.39, 0.29) is 5.91 Å². The van der Waals surface area contributed by atoms with Crippen molar-refractivity contribution in [1.82, 2.24) is 4.57 Å². The van der Waals surface area contributed by atoms with Gasteiger partial charge in [0.2, 0.25) is 0 Å². The Morgan fingerprint density at radius 3 is 2.28 bits per heavy atom. The van der Waals surface area contributed by atoms with E-state index in [4.69, 9.17) is 5.73 Å². The molecule has 1 amide bonds. The molecule has 0 saturated heterocycles. The first-order chi connectivity index (χ1) is 8.45. The molecule has 18 heavy (non-hydrogen) atoms. The number of nitrogen functional groups attached to an aromatic ring is 1. The maximum atomic E-state index is 12.1. The second-order valence-electron chi connectivity index (χ2n) is 4.60. The van der Waals surface area contributed by atoms with Gasteiger partial charge >= 0.3 is 0 Å². The molecule has 0 spiro atoms. The Hall–Kier alpha value is -2.23. The number of amides is 1. The Morgan fingerprint density at radius 2 is 1.78 bits per heavy atom. The molecule has 0 fully saturated rings. The van der Waals surface area contributed by atoms with Crippen LogP contribution in [0.25, 0.3) is 0 Å². The maximum Gasteiger partial charge on any atom is 0.272 e. The van der Waals surface area contributed by atoms with Crippen LogP contribution < -0.4 is 11.1 Å². The fourth-order valence-electron chi connectivity index (χ4n) is 2.06. The summed E-state index contributed by atoms with van der Waals surface area (Å²) in [6.07, 6.45) is 1.72. The highest BCUT2D eigenvalue weighted by atomic mass is 16.1. The van der Waals surface area contributed by atoms with Crippen molar-refractivity contribution in [3.63, 3.8) is 0 Å². The predicted octanol–water partition coefficient (Wildman–Crippen LogP) is 2.48. The van der Waals surface area contributed by atoms with E-state index in [1.807, 2.05) is 26.0 Å². The highest BCUT2D eigenvalue weighted by molar-refractivity contribution is 6.03. The van der Waals surface area contributed by atoms with Crippen LogP contribution in [-0.2, 0) is 7.05 Å². The molecule has 2 aromatic rings. The fourth-order valence-corrected chi connectivity index (χ4v) is 2.06. The molecule has 0 aliphatic heterocycles. The third kappa shape index (κ3) is 2.53. The normalized spacial score (nSPS) is 10.4. The molecule has 3 N–H and O–H groups in total. The zero-order valence-electron chi connectivity index (χ0n) is 10.8. The van der Waals surface area contributed by atoms with E-state index in [0.29, 0.717) is 11.4 Å². The number of hydrogen-bond donors (Lipinski definition) is 2. The van der Waals surface area contributed by atoms with Gasteiger partial charge in [-0.2, -0.15) is 0 Å². The lowest BCUT2D eigenvalue weighted by Gasteiger charge is -2.08. The third-order valence-corrected chi connectivity index (χ3v) is 2.74. The van der Waals surface area contributed by atoms with Gasteiger partial charge in [0.15, 0.2) is 0 Å². The van der Waals surface area contributed by atoms with E-state index in [1.165, 1.54) is 0 Å². The van der Waals surface area contributed by atoms with Crippen LogP contribution in [-0.4, -0.2) is 10.5 Å². The summed E-state index contributed by atoms with van der Waals surface area (Å²) in [5.41, 5.74) is 9.84. The highest BCUT2D eigenvalue weighted by Gasteiger charge is 2.11. The second-order valence-corrected chi connectivity index (χ2v) is 4.60. The molecular weight excluding hydrogens is 226 g/mol. The highest BCUT2D eigenvalue weighted by Crippen LogP contribution is 2.16. The first kappa shape index (κ1) is 12.2. The molecule has 0 bridgehead atoms. The SMILES string of the molecule is Cc1cc(C)cc(NC(=O)c2cc(N)cn2C)c1. The van der Waals surface area contributed by atoms with Crippen LogP contribution in [0, 0.1) is 13.8 Å². The van der Waals surface area contributed by atoms with E-state index in [2.05, 4.69) is 11.4 Å². The molecule has 0 saturated carbocycles. The molecule has 1 heterocycles. The van der Waals surface area contributed by atoms with Crippen LogP contribution in [0.5, 0.6) is 0 Å². The first-order valence-electron chi connectivity index (χ1n) is 5.77. The predicted molar refractivity (Wildman–Crippen MR) is 73.7 cm³/mol. The Balaban J connectivity index is 2.23. The molecular formula is C14H17N3O. The van der Waals surface area contributed by atoms with Crippen LogP contribution in [0.2, 0.25) is 0 Å². The standard InChI is InChI=1S/C14H17N3O/c1-9-4-10(2)6-12(5-9)16-14(18)13-7-11(15)8-17(13)3/h4-8H,15H2,1-3H3,(H,16,18). The number of rotatable bonds is 2. The Labute approximate surface area is 106 Å². The van der Waals surface area contributed by atoms with Crippen LogP contribution in [0.4, 0.5) is 11.4 Å². The van der Waals surface area contributed by atoms with Crippen LogP contribution in [0.15, 0.2) is 30.5 Å². The summed E-state index contributed by atoms with van der Waals surface area (Å²) >= 11 is 0. The molecule has 0 radical (unpaired) electrons. The van der Waals surface area contributed by atoms with Gasteiger partial charge in [-0.15, -0.1) is 0 Å². The Bertz CT molecular complexity index is 579. The van der Waals surface area contributed by atoms with Gasteiger partial charge in [-0.1, -0.05) is 6.07 Å². The van der Waals surface area contributed by atoms with Crippen molar-refractivity contribution >= 4 is 17.3 Å². The average Bonchev–Trinajstić information content (AvgIpc) is 2.56. The van der Waals surface area contributed by atoms with Crippen molar-refractivity contribution in [3.05, 3.63) is 47.3 Å². The lowest BCUT2D eigenvalue weighted by atomic mass is 10.1. The van der Waals surface area contributed by atoms with E-state index in [0.717, 1.165) is 16.8 Å². The molecule has 4 nitrogen and oxygen atoms in total. The van der Waals surface area contributed by atoms with Crippen molar-refractivity contribution in [1.29, 1.82) is 0 Å². The summed E-state index contributed by atoms with van der Waals surface area (Å²) in [7, 11) is 1.80. The van der Waals surface area contributed by atoms with Gasteiger partial charge in [-0.3, -0.25) is 4.79 Å². The largest absolute Gasteiger partial charge is 0.397 e. The number of carbonyl (C=O) groups excluding carboxylic acids is 1. The summed E-state index contributed by atoms with van der Waals surface area (Å²) in [5.74, 6) is -0.154. The third-order valence-electron chi connectivity index (χ3n) is 2.74. The van der Waals surface area contributed by atoms with Gasteiger partial charge < -0.3 is 15.6 Å². The molecule has 1 aromatic carbocycles. The summed E-state index contributed by atoms with van der Waals surface area (Å²) in [5, 5.41) is 2.88. The smallest absolute Gasteiger partial charge is 0.272 e. The Kier molecular flexibility index (Phi) is 3.10. The monoisotopic (exact) mass is 243 g/mol. The molecule has 2 rings (SSSR count). The number of anilines is 2. The number of nitrogens with zero attached hydrogens (tertiary/aromatic N) is 1. The minimum Gasteiger partial charge on any atom is -0.397 e. The molecule has 0 aliphatic carbocycles. The van der Waals surface area contributed by atoms with Gasteiger partial charge in [0.1, 0.15) is 5.69 Å². The summed E-state index contributed by atoms with van der Waals surface area (Å²) in [4.78, 5) is 12.1. The van der Waals surface area contributed by atoms with Gasteiger partial charge in [0.05, 0.1) is 5.69 Å². The van der Waals surface area contributed by atoms with Crippen molar-refractivity contribution in [2.45, 2.75) is 13.8 Å². The van der Waals surface area contributed by atoms with Gasteiger partial charge in [0.25, 0.3) is 5.91 Å². The number of aromatic nitrogens is 1. The van der Waals surface area contributed by atoms with Crippen LogP contribution in [0.3, 0.4) is 0 Å². The number of benzene rings is 1. The molecule has 4 heteroatoms. The van der Waals surface area contributed by atoms with E-state index >= 15 is 0 Å². The summed E-state index contributed by atoms with van der Waals surface area (Å²) < 4.78 is 1.72. The first-order valence-corrected chi connectivity index (χ1v) is 5.77. The van der Waals surface area contributed by atoms with Crippen molar-refractivity contribution in [3.8, 4) is 0 Å². The zero-order chi connectivity index (χ0) is 13.3. The lowest BCUT2D eigenvalue weighted by Crippen LogP contribution is -2.15. The van der Waals surface area contributed by atoms with Crippen molar-refractivity contribution in [2.75, 3.05) is 11.1 Å². The lowest BCUT2D eigenvalue weighted by molar-refractivity contribution is 0.101. The van der Waals surface area contributed by atoms with Crippen molar-refractivity contribution < 1.29 is 4.79 Å². The van der Waals surface area contributed by atoms with Gasteiger partial charge in [-0.25, -0.2) is 0 Å². The molecule has 0 aliphatic rings. The Morgan fingerprint density at radius 1 is 1.17 bits per heavy atom. The quantitative estimate of drug-likeness (QED) is 0.851. The number of carbonyl (C=O) groups is 1. The van der Waals surface area contributed by atoms with E-state index in [9.17, 15) is 4.79 Å². The maximum absolute atomic E-state index is 12.1. The minimum absolute atomic E-state index is 0.154. The molecule has 1 aromatic heterocycles. The van der Waals surface area contributed by atoms with E-state index in [1.54, 1.807) is 23.9 Å². The molecule has 0 atom stereocenters. The van der Waals surface area contributed by atoms with E-state index < -0.39 is 0 Å². The zero-order valence-corrected chi connectivity index (χ0v) is 10.8. The van der Waals surface area contributed by atoms with Crippen molar-refractivity contribution in [2.24, 2.45) is 7.05 Å². The number of nitrogens with two attached hydrogens (primary N) is 1. The molecule has 0 unspecified atom stereocenters. The van der Waals surface area contributed by atoms with Crippen LogP contribution >= 0.6 is 0 Å². The fraction of sp³-hybridized carbons (Fsp3) is 0.214. The second kappa shape index (κ2) is 4.56. The summed E-state index contributed by atoms with van der Waals surface area (Å²) in [6.45, 7) is 4.01. The number of hydrogen-bond acceptors (Lipinski definition) is 2. The average molecular weight is 243 g/mol. The summed E-state index contributed by atoms with van der Waals surface area (Å²) in [6, 6.07) is 7.61. The van der Waals surface area contributed by atoms with Gasteiger partial charge in [0, 0.05) is 18.9 Å². The number of aryl methyl sites for hydroxylation is 3. The molecule has 94 valence electrons. The number of nitrogens with one attached hydrogen (secondary N) is 1.